The molecule has 1 N–H and O–H groups in total. The lowest BCUT2D eigenvalue weighted by Crippen LogP contribution is -2.34. The number of aromatic nitrogens is 4. The van der Waals surface area contributed by atoms with Crippen molar-refractivity contribution in [2.45, 2.75) is 18.8 Å². The largest absolute Gasteiger partial charge is 0.355 e. The Hall–Kier alpha value is -3.72. The van der Waals surface area contributed by atoms with Crippen LogP contribution in [0.4, 0.5) is 5.82 Å². The second kappa shape index (κ2) is 7.36. The molecule has 29 heavy (non-hydrogen) atoms. The summed E-state index contributed by atoms with van der Waals surface area (Å²) in [5, 5.41) is 9.09. The number of nitriles is 1. The number of imidazole rings is 1. The number of hydrogen-bond acceptors (Lipinski definition) is 5. The maximum Gasteiger partial charge on any atom is 0.155 e. The molecule has 0 unspecified atom stereocenters. The van der Waals surface area contributed by atoms with Gasteiger partial charge in [0.2, 0.25) is 0 Å². The average molecular weight is 380 g/mol. The molecule has 4 aromatic rings. The molecule has 1 fully saturated rings. The lowest BCUT2D eigenvalue weighted by molar-refractivity contribution is 0.487. The van der Waals surface area contributed by atoms with Crippen LogP contribution in [-0.2, 0) is 0 Å². The minimum atomic E-state index is 0.376. The lowest BCUT2D eigenvalue weighted by Gasteiger charge is -2.32. The van der Waals surface area contributed by atoms with Crippen LogP contribution in [-0.4, -0.2) is 33.0 Å². The Morgan fingerprint density at radius 2 is 1.79 bits per heavy atom. The van der Waals surface area contributed by atoms with Gasteiger partial charge in [0.25, 0.3) is 0 Å². The Morgan fingerprint density at radius 3 is 2.59 bits per heavy atom. The second-order valence-corrected chi connectivity index (χ2v) is 7.32. The first-order chi connectivity index (χ1) is 14.3. The molecule has 0 atom stereocenters. The second-order valence-electron chi connectivity index (χ2n) is 7.32. The SMILES string of the molecule is N#Cc1ccc2[nH]c(C3CCN(c4nccnc4-c4ccccc4)CC3)nc2c1. The molecular formula is C23H20N6. The summed E-state index contributed by atoms with van der Waals surface area (Å²) in [6, 6.07) is 18.0. The van der Waals surface area contributed by atoms with Crippen molar-refractivity contribution in [2.75, 3.05) is 18.0 Å². The number of benzene rings is 2. The fourth-order valence-electron chi connectivity index (χ4n) is 4.01. The highest BCUT2D eigenvalue weighted by Gasteiger charge is 2.25. The Balaban J connectivity index is 1.36. The third-order valence-electron chi connectivity index (χ3n) is 5.54. The number of piperidine rings is 1. The molecule has 0 saturated carbocycles. The average Bonchev–Trinajstić information content (AvgIpc) is 3.23. The number of rotatable bonds is 3. The lowest BCUT2D eigenvalue weighted by atomic mass is 9.96. The number of anilines is 1. The van der Waals surface area contributed by atoms with Gasteiger partial charge in [0, 0.05) is 37.0 Å². The first-order valence-electron chi connectivity index (χ1n) is 9.83. The van der Waals surface area contributed by atoms with Gasteiger partial charge in [-0.3, -0.25) is 4.98 Å². The van der Waals surface area contributed by atoms with Gasteiger partial charge in [-0.25, -0.2) is 9.97 Å². The van der Waals surface area contributed by atoms with Crippen molar-refractivity contribution >= 4 is 16.9 Å². The summed E-state index contributed by atoms with van der Waals surface area (Å²) in [6.45, 7) is 1.81. The Kier molecular flexibility index (Phi) is 4.41. The van der Waals surface area contributed by atoms with Gasteiger partial charge >= 0.3 is 0 Å². The van der Waals surface area contributed by atoms with E-state index in [9.17, 15) is 0 Å². The number of aromatic amines is 1. The normalized spacial score (nSPS) is 14.8. The predicted molar refractivity (Wildman–Crippen MR) is 112 cm³/mol. The molecule has 0 bridgehead atoms. The van der Waals surface area contributed by atoms with Crippen molar-refractivity contribution in [1.82, 2.24) is 19.9 Å². The maximum atomic E-state index is 9.09. The minimum Gasteiger partial charge on any atom is -0.355 e. The van der Waals surface area contributed by atoms with Gasteiger partial charge in [-0.2, -0.15) is 5.26 Å². The number of hydrogen-bond donors (Lipinski definition) is 1. The van der Waals surface area contributed by atoms with Crippen LogP contribution < -0.4 is 4.90 Å². The van der Waals surface area contributed by atoms with Gasteiger partial charge < -0.3 is 9.88 Å². The van der Waals surface area contributed by atoms with Gasteiger partial charge in [0.05, 0.1) is 22.7 Å². The monoisotopic (exact) mass is 380 g/mol. The summed E-state index contributed by atoms with van der Waals surface area (Å²) >= 11 is 0. The van der Waals surface area contributed by atoms with Gasteiger partial charge in [-0.1, -0.05) is 30.3 Å². The Labute approximate surface area is 168 Å². The first-order valence-corrected chi connectivity index (χ1v) is 9.83. The van der Waals surface area contributed by atoms with E-state index in [0.717, 1.165) is 59.9 Å². The standard InChI is InChI=1S/C23H20N6/c24-15-16-6-7-19-20(14-16)28-22(27-19)18-8-12-29(13-9-18)23-21(25-10-11-26-23)17-4-2-1-3-5-17/h1-7,10-11,14,18H,8-9,12-13H2,(H,27,28). The molecule has 0 amide bonds. The van der Waals surface area contributed by atoms with E-state index in [1.807, 2.05) is 36.4 Å². The van der Waals surface area contributed by atoms with E-state index >= 15 is 0 Å². The van der Waals surface area contributed by atoms with Crippen LogP contribution in [0.3, 0.4) is 0 Å². The molecule has 1 saturated heterocycles. The number of nitrogens with one attached hydrogen (secondary N) is 1. The van der Waals surface area contributed by atoms with Crippen LogP contribution in [0.2, 0.25) is 0 Å². The van der Waals surface area contributed by atoms with E-state index in [-0.39, 0.29) is 0 Å². The van der Waals surface area contributed by atoms with Crippen LogP contribution >= 0.6 is 0 Å². The van der Waals surface area contributed by atoms with Crippen LogP contribution in [0, 0.1) is 11.3 Å². The summed E-state index contributed by atoms with van der Waals surface area (Å²) in [6.07, 6.45) is 5.51. The van der Waals surface area contributed by atoms with E-state index in [2.05, 4.69) is 38.1 Å². The third-order valence-corrected chi connectivity index (χ3v) is 5.54. The van der Waals surface area contributed by atoms with Crippen LogP contribution in [0.5, 0.6) is 0 Å². The van der Waals surface area contributed by atoms with Gasteiger partial charge in [-0.15, -0.1) is 0 Å². The molecule has 3 heterocycles. The fraction of sp³-hybridized carbons (Fsp3) is 0.217. The maximum absolute atomic E-state index is 9.09. The highest BCUT2D eigenvalue weighted by molar-refractivity contribution is 5.77. The molecule has 142 valence electrons. The molecule has 0 aliphatic carbocycles. The summed E-state index contributed by atoms with van der Waals surface area (Å²) in [7, 11) is 0. The molecule has 5 rings (SSSR count). The van der Waals surface area contributed by atoms with Crippen molar-refractivity contribution in [3.05, 3.63) is 72.3 Å². The molecule has 2 aromatic carbocycles. The van der Waals surface area contributed by atoms with Crippen molar-refractivity contribution in [3.8, 4) is 17.3 Å². The van der Waals surface area contributed by atoms with Crippen molar-refractivity contribution in [3.63, 3.8) is 0 Å². The molecule has 0 spiro atoms. The zero-order valence-corrected chi connectivity index (χ0v) is 15.9. The zero-order valence-electron chi connectivity index (χ0n) is 15.9. The van der Waals surface area contributed by atoms with Gasteiger partial charge in [0.1, 0.15) is 11.5 Å². The quantitative estimate of drug-likeness (QED) is 0.574. The number of fused-ring (bicyclic) bond motifs is 1. The predicted octanol–water partition coefficient (Wildman–Crippen LogP) is 4.28. The van der Waals surface area contributed by atoms with Crippen LogP contribution in [0.25, 0.3) is 22.3 Å². The summed E-state index contributed by atoms with van der Waals surface area (Å²) in [5.74, 6) is 2.33. The summed E-state index contributed by atoms with van der Waals surface area (Å²) in [4.78, 5) is 19.8. The molecule has 2 aromatic heterocycles. The van der Waals surface area contributed by atoms with E-state index < -0.39 is 0 Å². The topological polar surface area (TPSA) is 81.5 Å². The van der Waals surface area contributed by atoms with Crippen LogP contribution in [0.15, 0.2) is 60.9 Å². The highest BCUT2D eigenvalue weighted by Crippen LogP contribution is 2.33. The molecule has 6 nitrogen and oxygen atoms in total. The Bertz CT molecular complexity index is 1180. The molecule has 0 radical (unpaired) electrons. The van der Waals surface area contributed by atoms with Crippen molar-refractivity contribution in [1.29, 1.82) is 5.26 Å². The molecule has 1 aliphatic rings. The van der Waals surface area contributed by atoms with E-state index in [1.165, 1.54) is 0 Å². The van der Waals surface area contributed by atoms with Gasteiger partial charge in [0.15, 0.2) is 5.82 Å². The zero-order chi connectivity index (χ0) is 19.6. The highest BCUT2D eigenvalue weighted by atomic mass is 15.2. The number of H-pyrrole nitrogens is 1. The Morgan fingerprint density at radius 1 is 1.00 bits per heavy atom. The van der Waals surface area contributed by atoms with Gasteiger partial charge in [-0.05, 0) is 31.0 Å². The third kappa shape index (κ3) is 3.32. The molecular weight excluding hydrogens is 360 g/mol. The fourth-order valence-corrected chi connectivity index (χ4v) is 4.01. The van der Waals surface area contributed by atoms with Crippen molar-refractivity contribution in [2.24, 2.45) is 0 Å². The first kappa shape index (κ1) is 17.4. The van der Waals surface area contributed by atoms with E-state index in [1.54, 1.807) is 12.4 Å². The molecule has 6 heteroatoms. The smallest absolute Gasteiger partial charge is 0.155 e. The van der Waals surface area contributed by atoms with Crippen LogP contribution in [0.1, 0.15) is 30.1 Å². The van der Waals surface area contributed by atoms with Crippen molar-refractivity contribution < 1.29 is 0 Å². The summed E-state index contributed by atoms with van der Waals surface area (Å²) in [5.41, 5.74) is 4.51. The van der Waals surface area contributed by atoms with E-state index in [4.69, 9.17) is 10.2 Å². The number of nitrogens with zero attached hydrogens (tertiary/aromatic N) is 5. The minimum absolute atomic E-state index is 0.376. The summed E-state index contributed by atoms with van der Waals surface area (Å²) < 4.78 is 0. The van der Waals surface area contributed by atoms with E-state index in [0.29, 0.717) is 11.5 Å². The molecule has 1 aliphatic heterocycles.